The minimum Gasteiger partial charge on any atom is -0.493 e. The van der Waals surface area contributed by atoms with Crippen LogP contribution in [-0.2, 0) is 16.1 Å². The van der Waals surface area contributed by atoms with Gasteiger partial charge in [-0.1, -0.05) is 0 Å². The first-order chi connectivity index (χ1) is 12.4. The fraction of sp³-hybridized carbons (Fsp3) is 0.125. The first-order valence-corrected chi connectivity index (χ1v) is 8.55. The third kappa shape index (κ3) is 2.78. The maximum Gasteiger partial charge on any atom is 0.323 e. The lowest BCUT2D eigenvalue weighted by Gasteiger charge is -2.04. The number of benzene rings is 1. The number of carboxylic acids is 1. The number of aromatic nitrogens is 1. The second-order valence-electron chi connectivity index (χ2n) is 5.46. The Morgan fingerprint density at radius 3 is 2.85 bits per heavy atom. The van der Waals surface area contributed by atoms with Gasteiger partial charge < -0.3 is 19.7 Å². The van der Waals surface area contributed by atoms with Crippen molar-refractivity contribution in [1.82, 2.24) is 4.57 Å². The zero-order valence-electron chi connectivity index (χ0n) is 13.0. The molecule has 3 heterocycles. The smallest absolute Gasteiger partial charge is 0.323 e. The van der Waals surface area contributed by atoms with Gasteiger partial charge in [0.25, 0.3) is 5.91 Å². The van der Waals surface area contributed by atoms with Crippen LogP contribution in [0, 0.1) is 3.95 Å². The zero-order valence-corrected chi connectivity index (χ0v) is 14.6. The minimum absolute atomic E-state index is 0.114. The molecule has 2 aromatic rings. The topological polar surface area (TPSA) is 110 Å². The maximum atomic E-state index is 12.3. The van der Waals surface area contributed by atoms with Gasteiger partial charge in [-0.25, -0.2) is 4.99 Å². The molecule has 10 heteroatoms. The summed E-state index contributed by atoms with van der Waals surface area (Å²) in [7, 11) is 0. The van der Waals surface area contributed by atoms with Gasteiger partial charge in [0.15, 0.2) is 15.5 Å². The van der Waals surface area contributed by atoms with Crippen LogP contribution in [0.2, 0.25) is 0 Å². The standard InChI is InChI=1S/C16H10N2O6S2/c19-13(20)5-18-15(22)12(26-16(18)25)3-8-1-7-2-10-11(24-6-23-10)4-9(7)17-14(8)21/h1-4,22H,5-6H2,(H,19,20). The molecule has 0 bridgehead atoms. The van der Waals surface area contributed by atoms with Crippen LogP contribution in [0.1, 0.15) is 4.88 Å². The van der Waals surface area contributed by atoms with Crippen molar-refractivity contribution >= 4 is 47.6 Å². The molecule has 0 atom stereocenters. The molecular formula is C16H10N2O6S2. The van der Waals surface area contributed by atoms with Gasteiger partial charge in [-0.15, -0.1) is 11.3 Å². The van der Waals surface area contributed by atoms with Gasteiger partial charge in [0, 0.05) is 16.9 Å². The highest BCUT2D eigenvalue weighted by Gasteiger charge is 2.19. The van der Waals surface area contributed by atoms with Gasteiger partial charge in [-0.05, 0) is 30.4 Å². The zero-order chi connectivity index (χ0) is 18.4. The van der Waals surface area contributed by atoms with Crippen molar-refractivity contribution in [3.63, 3.8) is 0 Å². The van der Waals surface area contributed by atoms with Gasteiger partial charge >= 0.3 is 5.97 Å². The molecule has 1 aromatic carbocycles. The van der Waals surface area contributed by atoms with E-state index >= 15 is 0 Å². The molecule has 0 fully saturated rings. The molecule has 0 unspecified atom stereocenters. The molecular weight excluding hydrogens is 380 g/mol. The van der Waals surface area contributed by atoms with E-state index in [4.69, 9.17) is 26.8 Å². The van der Waals surface area contributed by atoms with Gasteiger partial charge in [0.05, 0.1) is 10.2 Å². The van der Waals surface area contributed by atoms with E-state index in [1.54, 1.807) is 18.2 Å². The summed E-state index contributed by atoms with van der Waals surface area (Å²) in [5.74, 6) is -0.821. The SMILES string of the molecule is O=C(O)Cn1c(O)c(C=C2C=c3cc4c(cc3=NC2=O)OCO4)sc1=S. The number of carbonyl (C=O) groups is 2. The Morgan fingerprint density at radius 1 is 1.38 bits per heavy atom. The number of aromatic hydroxyl groups is 1. The van der Waals surface area contributed by atoms with Gasteiger partial charge in [-0.2, -0.15) is 0 Å². The number of hydrogen-bond donors (Lipinski definition) is 2. The van der Waals surface area contributed by atoms with Crippen LogP contribution in [-0.4, -0.2) is 33.4 Å². The van der Waals surface area contributed by atoms with Crippen molar-refractivity contribution in [2.75, 3.05) is 6.79 Å². The quantitative estimate of drug-likeness (QED) is 0.590. The molecule has 2 N–H and O–H groups in total. The summed E-state index contributed by atoms with van der Waals surface area (Å²) >= 11 is 6.08. The fourth-order valence-corrected chi connectivity index (χ4v) is 3.85. The van der Waals surface area contributed by atoms with Crippen LogP contribution >= 0.6 is 23.6 Å². The average molecular weight is 390 g/mol. The van der Waals surface area contributed by atoms with E-state index in [0.29, 0.717) is 22.1 Å². The van der Waals surface area contributed by atoms with E-state index in [0.717, 1.165) is 15.9 Å². The monoisotopic (exact) mass is 390 g/mol. The summed E-state index contributed by atoms with van der Waals surface area (Å²) in [6, 6.07) is 3.35. The lowest BCUT2D eigenvalue weighted by atomic mass is 10.1. The highest BCUT2D eigenvalue weighted by Crippen LogP contribution is 2.30. The Morgan fingerprint density at radius 2 is 2.12 bits per heavy atom. The molecule has 0 spiro atoms. The van der Waals surface area contributed by atoms with Gasteiger partial charge in [-0.3, -0.25) is 14.2 Å². The number of carboxylic acid groups (broad SMARTS) is 1. The summed E-state index contributed by atoms with van der Waals surface area (Å²) in [6.45, 7) is -0.345. The molecule has 0 saturated heterocycles. The normalized spacial score (nSPS) is 16.2. The third-order valence-electron chi connectivity index (χ3n) is 3.78. The number of amides is 1. The number of thiazole rings is 1. The van der Waals surface area contributed by atoms with Crippen LogP contribution in [0.4, 0.5) is 0 Å². The molecule has 1 aromatic heterocycles. The Bertz CT molecular complexity index is 1170. The van der Waals surface area contributed by atoms with E-state index in [1.807, 2.05) is 0 Å². The van der Waals surface area contributed by atoms with Gasteiger partial charge in [0.2, 0.25) is 12.7 Å². The number of ether oxygens (including phenoxy) is 2. The fourth-order valence-electron chi connectivity index (χ4n) is 2.59. The molecule has 4 rings (SSSR count). The maximum absolute atomic E-state index is 12.3. The molecule has 0 saturated carbocycles. The van der Waals surface area contributed by atoms with E-state index in [-0.39, 0.29) is 27.1 Å². The van der Waals surface area contributed by atoms with Crippen LogP contribution in [0.15, 0.2) is 22.7 Å². The Kier molecular flexibility index (Phi) is 3.85. The van der Waals surface area contributed by atoms with Crippen molar-refractivity contribution in [2.24, 2.45) is 4.99 Å². The predicted octanol–water partition coefficient (Wildman–Crippen LogP) is 0.822. The Labute approximate surface area is 154 Å². The molecule has 26 heavy (non-hydrogen) atoms. The Hall–Kier alpha value is -2.98. The lowest BCUT2D eigenvalue weighted by molar-refractivity contribution is -0.137. The molecule has 8 nitrogen and oxygen atoms in total. The van der Waals surface area contributed by atoms with Crippen molar-refractivity contribution in [1.29, 1.82) is 0 Å². The molecule has 2 aliphatic heterocycles. The molecule has 132 valence electrons. The summed E-state index contributed by atoms with van der Waals surface area (Å²) in [5, 5.41) is 20.2. The van der Waals surface area contributed by atoms with E-state index in [1.165, 1.54) is 6.08 Å². The highest BCUT2D eigenvalue weighted by molar-refractivity contribution is 7.73. The number of hydrogen-bond acceptors (Lipinski definition) is 7. The van der Waals surface area contributed by atoms with Crippen LogP contribution < -0.4 is 20.0 Å². The largest absolute Gasteiger partial charge is 0.493 e. The third-order valence-corrected chi connectivity index (χ3v) is 5.16. The van der Waals surface area contributed by atoms with Crippen molar-refractivity contribution in [2.45, 2.75) is 6.54 Å². The number of nitrogens with zero attached hydrogens (tertiary/aromatic N) is 2. The summed E-state index contributed by atoms with van der Waals surface area (Å²) in [6.07, 6.45) is 3.06. The van der Waals surface area contributed by atoms with Crippen LogP contribution in [0.5, 0.6) is 17.4 Å². The molecule has 1 amide bonds. The molecule has 2 aliphatic rings. The molecule has 0 aliphatic carbocycles. The number of fused-ring (bicyclic) bond motifs is 2. The number of aliphatic carboxylic acids is 1. The first-order valence-electron chi connectivity index (χ1n) is 7.33. The van der Waals surface area contributed by atoms with Crippen molar-refractivity contribution in [3.05, 3.63) is 37.1 Å². The predicted molar refractivity (Wildman–Crippen MR) is 93.2 cm³/mol. The average Bonchev–Trinajstić information content (AvgIpc) is 3.13. The molecule has 0 radical (unpaired) electrons. The van der Waals surface area contributed by atoms with E-state index < -0.39 is 18.4 Å². The van der Waals surface area contributed by atoms with E-state index in [2.05, 4.69) is 4.99 Å². The summed E-state index contributed by atoms with van der Waals surface area (Å²) < 4.78 is 11.9. The number of carbonyl (C=O) groups excluding carboxylic acids is 1. The van der Waals surface area contributed by atoms with E-state index in [9.17, 15) is 14.7 Å². The van der Waals surface area contributed by atoms with Crippen LogP contribution in [0.25, 0.3) is 12.2 Å². The number of rotatable bonds is 3. The van der Waals surface area contributed by atoms with Crippen LogP contribution in [0.3, 0.4) is 0 Å². The minimum atomic E-state index is -1.13. The second-order valence-corrected chi connectivity index (χ2v) is 7.14. The van der Waals surface area contributed by atoms with Crippen molar-refractivity contribution < 1.29 is 29.3 Å². The first kappa shape index (κ1) is 16.5. The van der Waals surface area contributed by atoms with Gasteiger partial charge in [0.1, 0.15) is 6.54 Å². The lowest BCUT2D eigenvalue weighted by Crippen LogP contribution is -2.30. The summed E-state index contributed by atoms with van der Waals surface area (Å²) in [5.41, 5.74) is 0.241. The Balaban J connectivity index is 1.81. The summed E-state index contributed by atoms with van der Waals surface area (Å²) in [4.78, 5) is 27.5. The highest BCUT2D eigenvalue weighted by atomic mass is 32.1. The second kappa shape index (κ2) is 6.07. The van der Waals surface area contributed by atoms with Crippen molar-refractivity contribution in [3.8, 4) is 17.4 Å².